The minimum Gasteiger partial charge on any atom is -0.496 e. The first-order chi connectivity index (χ1) is 10.2. The molecule has 0 saturated heterocycles. The Hall–Kier alpha value is -1.94. The number of ether oxygens (including phenoxy) is 1. The number of nitrogens with one attached hydrogen (secondary N) is 1. The van der Waals surface area contributed by atoms with E-state index in [1.807, 2.05) is 29.1 Å². The highest BCUT2D eigenvalue weighted by Crippen LogP contribution is 2.31. The van der Waals surface area contributed by atoms with Crippen LogP contribution in [0.1, 0.15) is 23.2 Å². The molecule has 1 heterocycles. The van der Waals surface area contributed by atoms with Crippen LogP contribution in [0.15, 0.2) is 36.7 Å². The Morgan fingerprint density at radius 2 is 2.10 bits per heavy atom. The average Bonchev–Trinajstić information content (AvgIpc) is 3.17. The molecule has 1 aliphatic rings. The standard InChI is InChI=1S/C16H17ClN2O2/c1-21-15-9-14(19-6-2-3-7-19)13(17)8-12(15)16(20)18-10-11-4-5-11/h2-3,6-9,11H,4-5,10H2,1H3,(H,18,20). The largest absolute Gasteiger partial charge is 0.496 e. The number of hydrogen-bond donors (Lipinski definition) is 1. The first kappa shape index (κ1) is 14.0. The van der Waals surface area contributed by atoms with Gasteiger partial charge >= 0.3 is 0 Å². The van der Waals surface area contributed by atoms with Gasteiger partial charge in [0.2, 0.25) is 0 Å². The van der Waals surface area contributed by atoms with Gasteiger partial charge in [0.05, 0.1) is 23.4 Å². The van der Waals surface area contributed by atoms with Crippen molar-refractivity contribution in [3.8, 4) is 11.4 Å². The molecule has 5 heteroatoms. The van der Waals surface area contributed by atoms with Crippen LogP contribution in [0.2, 0.25) is 5.02 Å². The van der Waals surface area contributed by atoms with Crippen LogP contribution in [0.4, 0.5) is 0 Å². The van der Waals surface area contributed by atoms with E-state index in [4.69, 9.17) is 16.3 Å². The fourth-order valence-corrected chi connectivity index (χ4v) is 2.50. The van der Waals surface area contributed by atoms with Crippen LogP contribution in [0, 0.1) is 5.92 Å². The van der Waals surface area contributed by atoms with Crippen LogP contribution in [-0.2, 0) is 0 Å². The minimum absolute atomic E-state index is 0.139. The van der Waals surface area contributed by atoms with E-state index in [1.165, 1.54) is 12.8 Å². The van der Waals surface area contributed by atoms with E-state index in [-0.39, 0.29) is 5.91 Å². The molecule has 1 aromatic heterocycles. The van der Waals surface area contributed by atoms with E-state index in [9.17, 15) is 4.79 Å². The summed E-state index contributed by atoms with van der Waals surface area (Å²) >= 11 is 6.31. The molecular formula is C16H17ClN2O2. The molecule has 21 heavy (non-hydrogen) atoms. The zero-order chi connectivity index (χ0) is 14.8. The van der Waals surface area contributed by atoms with Crippen molar-refractivity contribution in [2.75, 3.05) is 13.7 Å². The summed E-state index contributed by atoms with van der Waals surface area (Å²) in [4.78, 5) is 12.3. The van der Waals surface area contributed by atoms with Gasteiger partial charge in [0, 0.05) is 25.0 Å². The molecule has 3 rings (SSSR count). The number of rotatable bonds is 5. The van der Waals surface area contributed by atoms with Crippen LogP contribution in [-0.4, -0.2) is 24.1 Å². The SMILES string of the molecule is COc1cc(-n2cccc2)c(Cl)cc1C(=O)NCC1CC1. The third kappa shape index (κ3) is 3.05. The molecule has 0 unspecified atom stereocenters. The highest BCUT2D eigenvalue weighted by atomic mass is 35.5. The van der Waals surface area contributed by atoms with Crippen molar-refractivity contribution in [2.45, 2.75) is 12.8 Å². The number of methoxy groups -OCH3 is 1. The Morgan fingerprint density at radius 1 is 1.38 bits per heavy atom. The molecule has 0 atom stereocenters. The number of benzene rings is 1. The van der Waals surface area contributed by atoms with Gasteiger partial charge in [-0.1, -0.05) is 11.6 Å². The molecule has 0 radical (unpaired) electrons. The van der Waals surface area contributed by atoms with Crippen LogP contribution in [0.25, 0.3) is 5.69 Å². The van der Waals surface area contributed by atoms with Gasteiger partial charge in [-0.25, -0.2) is 0 Å². The zero-order valence-corrected chi connectivity index (χ0v) is 12.6. The topological polar surface area (TPSA) is 43.3 Å². The molecule has 0 bridgehead atoms. The van der Waals surface area contributed by atoms with Crippen LogP contribution < -0.4 is 10.1 Å². The Morgan fingerprint density at radius 3 is 2.71 bits per heavy atom. The van der Waals surface area contributed by atoms with Gasteiger partial charge in [-0.2, -0.15) is 0 Å². The predicted octanol–water partition coefficient (Wildman–Crippen LogP) is 3.28. The molecule has 4 nitrogen and oxygen atoms in total. The first-order valence-electron chi connectivity index (χ1n) is 6.98. The second-order valence-electron chi connectivity index (χ2n) is 5.25. The third-order valence-corrected chi connectivity index (χ3v) is 3.95. The summed E-state index contributed by atoms with van der Waals surface area (Å²) in [6.45, 7) is 0.721. The monoisotopic (exact) mass is 304 g/mol. The van der Waals surface area contributed by atoms with Gasteiger partial charge < -0.3 is 14.6 Å². The smallest absolute Gasteiger partial charge is 0.255 e. The van der Waals surface area contributed by atoms with Crippen molar-refractivity contribution in [1.29, 1.82) is 0 Å². The second-order valence-corrected chi connectivity index (χ2v) is 5.65. The Balaban J connectivity index is 1.89. The van der Waals surface area contributed by atoms with Crippen molar-refractivity contribution in [2.24, 2.45) is 5.92 Å². The molecule has 0 spiro atoms. The lowest BCUT2D eigenvalue weighted by atomic mass is 10.1. The van der Waals surface area contributed by atoms with Gasteiger partial charge in [0.25, 0.3) is 5.91 Å². The number of aromatic nitrogens is 1. The van der Waals surface area contributed by atoms with Crippen molar-refractivity contribution < 1.29 is 9.53 Å². The minimum atomic E-state index is -0.139. The summed E-state index contributed by atoms with van der Waals surface area (Å²) in [6, 6.07) is 7.28. The summed E-state index contributed by atoms with van der Waals surface area (Å²) in [5.74, 6) is 1.02. The van der Waals surface area contributed by atoms with E-state index in [1.54, 1.807) is 19.2 Å². The zero-order valence-electron chi connectivity index (χ0n) is 11.8. The lowest BCUT2D eigenvalue weighted by Gasteiger charge is -2.13. The van der Waals surface area contributed by atoms with Gasteiger partial charge in [0.1, 0.15) is 5.75 Å². The molecule has 0 aliphatic heterocycles. The molecule has 1 amide bonds. The molecule has 2 aromatic rings. The van der Waals surface area contributed by atoms with Crippen LogP contribution in [0.3, 0.4) is 0 Å². The summed E-state index contributed by atoms with van der Waals surface area (Å²) in [5.41, 5.74) is 1.26. The van der Waals surface area contributed by atoms with Gasteiger partial charge in [0.15, 0.2) is 0 Å². The van der Waals surface area contributed by atoms with Gasteiger partial charge in [-0.15, -0.1) is 0 Å². The first-order valence-corrected chi connectivity index (χ1v) is 7.36. The fraction of sp³-hybridized carbons (Fsp3) is 0.312. The maximum atomic E-state index is 12.3. The van der Waals surface area contributed by atoms with Crippen molar-refractivity contribution >= 4 is 17.5 Å². The summed E-state index contributed by atoms with van der Waals surface area (Å²) < 4.78 is 7.24. The summed E-state index contributed by atoms with van der Waals surface area (Å²) in [7, 11) is 1.56. The van der Waals surface area contributed by atoms with E-state index in [0.29, 0.717) is 22.3 Å². The number of hydrogen-bond acceptors (Lipinski definition) is 2. The number of carbonyl (C=O) groups excluding carboxylic acids is 1. The highest BCUT2D eigenvalue weighted by molar-refractivity contribution is 6.33. The van der Waals surface area contributed by atoms with Crippen LogP contribution in [0.5, 0.6) is 5.75 Å². The summed E-state index contributed by atoms with van der Waals surface area (Å²) in [6.07, 6.45) is 6.19. The molecule has 1 aromatic carbocycles. The molecule has 1 saturated carbocycles. The van der Waals surface area contributed by atoms with Gasteiger partial charge in [-0.3, -0.25) is 4.79 Å². The Bertz CT molecular complexity index is 649. The Labute approximate surface area is 128 Å². The number of carbonyl (C=O) groups is 1. The van der Waals surface area contributed by atoms with E-state index in [0.717, 1.165) is 12.2 Å². The van der Waals surface area contributed by atoms with E-state index in [2.05, 4.69) is 5.32 Å². The van der Waals surface area contributed by atoms with Crippen molar-refractivity contribution in [1.82, 2.24) is 9.88 Å². The average molecular weight is 305 g/mol. The maximum absolute atomic E-state index is 12.3. The van der Waals surface area contributed by atoms with Crippen LogP contribution >= 0.6 is 11.6 Å². The fourth-order valence-electron chi connectivity index (χ4n) is 2.24. The summed E-state index contributed by atoms with van der Waals surface area (Å²) in [5, 5.41) is 3.45. The normalized spacial score (nSPS) is 14.0. The number of nitrogens with zero attached hydrogens (tertiary/aromatic N) is 1. The molecule has 1 fully saturated rings. The molecule has 1 aliphatic carbocycles. The molecular weight excluding hydrogens is 288 g/mol. The van der Waals surface area contributed by atoms with Crippen molar-refractivity contribution in [3.63, 3.8) is 0 Å². The molecule has 1 N–H and O–H groups in total. The highest BCUT2D eigenvalue weighted by Gasteiger charge is 2.23. The second kappa shape index (κ2) is 5.82. The quantitative estimate of drug-likeness (QED) is 0.921. The maximum Gasteiger partial charge on any atom is 0.255 e. The van der Waals surface area contributed by atoms with Gasteiger partial charge in [-0.05, 0) is 37.0 Å². The third-order valence-electron chi connectivity index (χ3n) is 3.64. The van der Waals surface area contributed by atoms with Crippen molar-refractivity contribution in [3.05, 3.63) is 47.2 Å². The van der Waals surface area contributed by atoms with E-state index >= 15 is 0 Å². The van der Waals surface area contributed by atoms with E-state index < -0.39 is 0 Å². The lowest BCUT2D eigenvalue weighted by Crippen LogP contribution is -2.26. The Kier molecular flexibility index (Phi) is 3.88. The number of amides is 1. The lowest BCUT2D eigenvalue weighted by molar-refractivity contribution is 0.0949. The number of halogens is 1. The molecule has 110 valence electrons. The predicted molar refractivity (Wildman–Crippen MR) is 82.4 cm³/mol.